The van der Waals surface area contributed by atoms with Crippen molar-refractivity contribution in [2.75, 3.05) is 13.1 Å². The number of rotatable bonds is 5. The first-order chi connectivity index (χ1) is 10.7. The van der Waals surface area contributed by atoms with Crippen LogP contribution in [0, 0.1) is 5.92 Å². The van der Waals surface area contributed by atoms with Gasteiger partial charge in [-0.3, -0.25) is 9.59 Å². The highest BCUT2D eigenvalue weighted by molar-refractivity contribution is 5.91. The SMILES string of the molecule is Cl.O=C(NCCNC(=O)C1CC2CCCCC2N1)c1ccco1. The van der Waals surface area contributed by atoms with Gasteiger partial charge in [-0.25, -0.2) is 0 Å². The van der Waals surface area contributed by atoms with Crippen molar-refractivity contribution in [2.24, 2.45) is 5.92 Å². The number of amides is 2. The first kappa shape index (κ1) is 17.8. The van der Waals surface area contributed by atoms with E-state index in [-0.39, 0.29) is 36.0 Å². The topological polar surface area (TPSA) is 83.4 Å². The molecule has 7 heteroatoms. The Bertz CT molecular complexity index is 507. The van der Waals surface area contributed by atoms with Gasteiger partial charge in [0, 0.05) is 19.1 Å². The second-order valence-corrected chi connectivity index (χ2v) is 6.13. The van der Waals surface area contributed by atoms with Gasteiger partial charge in [0.1, 0.15) is 0 Å². The highest BCUT2D eigenvalue weighted by atomic mass is 35.5. The summed E-state index contributed by atoms with van der Waals surface area (Å²) in [6.07, 6.45) is 7.38. The number of carbonyl (C=O) groups is 2. The van der Waals surface area contributed by atoms with E-state index in [2.05, 4.69) is 16.0 Å². The van der Waals surface area contributed by atoms with Gasteiger partial charge in [-0.2, -0.15) is 0 Å². The largest absolute Gasteiger partial charge is 0.459 e. The number of furan rings is 1. The van der Waals surface area contributed by atoms with E-state index in [9.17, 15) is 9.59 Å². The molecular weight excluding hydrogens is 318 g/mol. The molecule has 1 aliphatic carbocycles. The van der Waals surface area contributed by atoms with Crippen molar-refractivity contribution in [1.82, 2.24) is 16.0 Å². The Morgan fingerprint density at radius 1 is 1.22 bits per heavy atom. The summed E-state index contributed by atoms with van der Waals surface area (Å²) in [5.74, 6) is 0.724. The monoisotopic (exact) mass is 341 g/mol. The van der Waals surface area contributed by atoms with Crippen molar-refractivity contribution in [2.45, 2.75) is 44.2 Å². The van der Waals surface area contributed by atoms with E-state index in [1.54, 1.807) is 12.1 Å². The smallest absolute Gasteiger partial charge is 0.287 e. The number of halogens is 1. The molecule has 2 amide bonds. The van der Waals surface area contributed by atoms with Crippen molar-refractivity contribution in [1.29, 1.82) is 0 Å². The van der Waals surface area contributed by atoms with Crippen LogP contribution in [-0.2, 0) is 4.79 Å². The van der Waals surface area contributed by atoms with Gasteiger partial charge in [-0.1, -0.05) is 12.8 Å². The van der Waals surface area contributed by atoms with Gasteiger partial charge < -0.3 is 20.4 Å². The standard InChI is InChI=1S/C16H23N3O3.ClH/c20-15(13-10-11-4-1-2-5-12(11)19-13)17-7-8-18-16(21)14-6-3-9-22-14;/h3,6,9,11-13,19H,1-2,4-5,7-8,10H2,(H,17,20)(H,18,21);1H. The van der Waals surface area contributed by atoms with Crippen LogP contribution in [0.5, 0.6) is 0 Å². The Balaban J connectivity index is 0.00000192. The molecule has 3 rings (SSSR count). The fourth-order valence-corrected chi connectivity index (χ4v) is 3.50. The van der Waals surface area contributed by atoms with Crippen LogP contribution in [-0.4, -0.2) is 37.0 Å². The van der Waals surface area contributed by atoms with Crippen molar-refractivity contribution >= 4 is 24.2 Å². The maximum absolute atomic E-state index is 12.2. The van der Waals surface area contributed by atoms with Crippen LogP contribution in [0.15, 0.2) is 22.8 Å². The molecule has 2 heterocycles. The summed E-state index contributed by atoms with van der Waals surface area (Å²) in [4.78, 5) is 23.8. The molecule has 0 spiro atoms. The quantitative estimate of drug-likeness (QED) is 0.708. The summed E-state index contributed by atoms with van der Waals surface area (Å²) in [7, 11) is 0. The minimum absolute atomic E-state index is 0. The van der Waals surface area contributed by atoms with Crippen molar-refractivity contribution in [3.63, 3.8) is 0 Å². The zero-order valence-corrected chi connectivity index (χ0v) is 13.9. The van der Waals surface area contributed by atoms with Gasteiger partial charge in [0.15, 0.2) is 5.76 Å². The van der Waals surface area contributed by atoms with Crippen LogP contribution in [0.25, 0.3) is 0 Å². The van der Waals surface area contributed by atoms with E-state index in [1.165, 1.54) is 31.9 Å². The average Bonchev–Trinajstić information content (AvgIpc) is 3.19. The van der Waals surface area contributed by atoms with Crippen LogP contribution in [0.1, 0.15) is 42.7 Å². The molecule has 2 aliphatic rings. The van der Waals surface area contributed by atoms with Crippen LogP contribution in [0.4, 0.5) is 0 Å². The third-order valence-corrected chi connectivity index (χ3v) is 4.63. The van der Waals surface area contributed by atoms with Gasteiger partial charge in [0.05, 0.1) is 12.3 Å². The van der Waals surface area contributed by atoms with E-state index in [1.807, 2.05) is 0 Å². The van der Waals surface area contributed by atoms with Crippen molar-refractivity contribution in [3.8, 4) is 0 Å². The summed E-state index contributed by atoms with van der Waals surface area (Å²) in [5, 5.41) is 9.05. The number of hydrogen-bond donors (Lipinski definition) is 3. The summed E-state index contributed by atoms with van der Waals surface area (Å²) in [6.45, 7) is 0.823. The third-order valence-electron chi connectivity index (χ3n) is 4.63. The van der Waals surface area contributed by atoms with Crippen molar-refractivity contribution in [3.05, 3.63) is 24.2 Å². The predicted molar refractivity (Wildman–Crippen MR) is 88.6 cm³/mol. The molecule has 0 aromatic carbocycles. The predicted octanol–water partition coefficient (Wildman–Crippen LogP) is 1.47. The number of fused-ring (bicyclic) bond motifs is 1. The Morgan fingerprint density at radius 3 is 2.74 bits per heavy atom. The molecule has 6 nitrogen and oxygen atoms in total. The van der Waals surface area contributed by atoms with Gasteiger partial charge in [-0.05, 0) is 37.3 Å². The maximum Gasteiger partial charge on any atom is 0.287 e. The molecule has 3 unspecified atom stereocenters. The van der Waals surface area contributed by atoms with Crippen LogP contribution in [0.3, 0.4) is 0 Å². The maximum atomic E-state index is 12.2. The van der Waals surface area contributed by atoms with E-state index in [0.29, 0.717) is 25.0 Å². The minimum atomic E-state index is -0.260. The summed E-state index contributed by atoms with van der Waals surface area (Å²) >= 11 is 0. The van der Waals surface area contributed by atoms with E-state index >= 15 is 0 Å². The fourth-order valence-electron chi connectivity index (χ4n) is 3.50. The first-order valence-electron chi connectivity index (χ1n) is 8.09. The zero-order valence-electron chi connectivity index (χ0n) is 13.0. The summed E-state index contributed by atoms with van der Waals surface area (Å²) < 4.78 is 5.00. The Labute approximate surface area is 142 Å². The van der Waals surface area contributed by atoms with Crippen molar-refractivity contribution < 1.29 is 14.0 Å². The lowest BCUT2D eigenvalue weighted by atomic mass is 9.85. The Morgan fingerprint density at radius 2 is 2.00 bits per heavy atom. The molecule has 3 atom stereocenters. The molecule has 1 aromatic rings. The molecule has 0 radical (unpaired) electrons. The third kappa shape index (κ3) is 4.48. The fraction of sp³-hybridized carbons (Fsp3) is 0.625. The molecule has 128 valence electrons. The molecule has 1 saturated heterocycles. The van der Waals surface area contributed by atoms with E-state index in [0.717, 1.165) is 6.42 Å². The molecule has 1 saturated carbocycles. The number of hydrogen-bond acceptors (Lipinski definition) is 4. The van der Waals surface area contributed by atoms with Crippen LogP contribution < -0.4 is 16.0 Å². The average molecular weight is 342 g/mol. The van der Waals surface area contributed by atoms with E-state index < -0.39 is 0 Å². The van der Waals surface area contributed by atoms with Gasteiger partial charge in [0.25, 0.3) is 5.91 Å². The van der Waals surface area contributed by atoms with Crippen LogP contribution >= 0.6 is 12.4 Å². The summed E-state index contributed by atoms with van der Waals surface area (Å²) in [5.41, 5.74) is 0. The second-order valence-electron chi connectivity index (χ2n) is 6.13. The van der Waals surface area contributed by atoms with Gasteiger partial charge >= 0.3 is 0 Å². The number of nitrogens with one attached hydrogen (secondary N) is 3. The van der Waals surface area contributed by atoms with Crippen LogP contribution in [0.2, 0.25) is 0 Å². The summed E-state index contributed by atoms with van der Waals surface area (Å²) in [6, 6.07) is 3.72. The molecule has 2 fully saturated rings. The lowest BCUT2D eigenvalue weighted by molar-refractivity contribution is -0.122. The Kier molecular flexibility index (Phi) is 6.47. The zero-order chi connectivity index (χ0) is 15.4. The molecule has 1 aliphatic heterocycles. The highest BCUT2D eigenvalue weighted by Crippen LogP contribution is 2.33. The highest BCUT2D eigenvalue weighted by Gasteiger charge is 2.37. The normalized spacial score (nSPS) is 26.0. The lowest BCUT2D eigenvalue weighted by Crippen LogP contribution is -2.45. The van der Waals surface area contributed by atoms with Gasteiger partial charge in [0.2, 0.25) is 5.91 Å². The van der Waals surface area contributed by atoms with Gasteiger partial charge in [-0.15, -0.1) is 12.4 Å². The lowest BCUT2D eigenvalue weighted by Gasteiger charge is -2.24. The number of carbonyl (C=O) groups excluding carboxylic acids is 2. The minimum Gasteiger partial charge on any atom is -0.459 e. The molecular formula is C16H24ClN3O3. The Hall–Kier alpha value is -1.53. The molecule has 3 N–H and O–H groups in total. The molecule has 0 bridgehead atoms. The second kappa shape index (κ2) is 8.36. The van der Waals surface area contributed by atoms with E-state index in [4.69, 9.17) is 4.42 Å². The molecule has 1 aromatic heterocycles. The molecule has 23 heavy (non-hydrogen) atoms. The first-order valence-corrected chi connectivity index (χ1v) is 8.09.